The van der Waals surface area contributed by atoms with Crippen molar-refractivity contribution in [2.75, 3.05) is 20.6 Å². The molecule has 0 spiro atoms. The number of ketones is 1. The highest BCUT2D eigenvalue weighted by Gasteiger charge is 2.28. The highest BCUT2D eigenvalue weighted by Crippen LogP contribution is 2.41. The summed E-state index contributed by atoms with van der Waals surface area (Å²) in [6.07, 6.45) is 6.02. The van der Waals surface area contributed by atoms with E-state index in [0.717, 1.165) is 48.8 Å². The summed E-state index contributed by atoms with van der Waals surface area (Å²) in [4.78, 5) is 24.2. The van der Waals surface area contributed by atoms with Crippen molar-refractivity contribution in [2.24, 2.45) is 5.92 Å². The van der Waals surface area contributed by atoms with Gasteiger partial charge in [0.15, 0.2) is 11.5 Å². The van der Waals surface area contributed by atoms with Crippen LogP contribution in [0.3, 0.4) is 0 Å². The number of rotatable bonds is 5. The minimum absolute atomic E-state index is 0. The van der Waals surface area contributed by atoms with Gasteiger partial charge in [-0.15, -0.1) is 24.8 Å². The number of hydrogen-bond donors (Lipinski definition) is 1. The number of carbonyl (C=O) groups is 1. The van der Waals surface area contributed by atoms with Gasteiger partial charge in [0.1, 0.15) is 0 Å². The fraction of sp³-hybridized carbons (Fsp3) is 0.400. The molecule has 9 heteroatoms. The van der Waals surface area contributed by atoms with Crippen LogP contribution in [0, 0.1) is 5.92 Å². The summed E-state index contributed by atoms with van der Waals surface area (Å²) in [6, 6.07) is 7.06. The van der Waals surface area contributed by atoms with E-state index < -0.39 is 0 Å². The van der Waals surface area contributed by atoms with E-state index in [1.165, 1.54) is 0 Å². The lowest BCUT2D eigenvalue weighted by Gasteiger charge is -2.31. The van der Waals surface area contributed by atoms with Crippen LogP contribution in [0.4, 0.5) is 0 Å². The Bertz CT molecular complexity index is 1160. The zero-order valence-electron chi connectivity index (χ0n) is 19.3. The van der Waals surface area contributed by atoms with Gasteiger partial charge >= 0.3 is 0 Å². The van der Waals surface area contributed by atoms with Crippen LogP contribution in [-0.2, 0) is 0 Å². The van der Waals surface area contributed by atoms with Crippen molar-refractivity contribution < 1.29 is 9.90 Å². The van der Waals surface area contributed by atoms with Gasteiger partial charge in [-0.25, -0.2) is 4.98 Å². The van der Waals surface area contributed by atoms with E-state index in [-0.39, 0.29) is 52.3 Å². The molecule has 1 saturated carbocycles. The molecule has 1 aliphatic carbocycles. The molecule has 2 heterocycles. The summed E-state index contributed by atoms with van der Waals surface area (Å²) < 4.78 is 0. The second-order valence-corrected chi connectivity index (χ2v) is 9.79. The average molecular weight is 545 g/mol. The highest BCUT2D eigenvalue weighted by atomic mass is 35.5. The lowest BCUT2D eigenvalue weighted by Crippen LogP contribution is -2.25. The van der Waals surface area contributed by atoms with E-state index in [4.69, 9.17) is 28.2 Å². The largest absolute Gasteiger partial charge is 0.505 e. The van der Waals surface area contributed by atoms with Gasteiger partial charge in [-0.1, -0.05) is 23.2 Å². The molecule has 1 fully saturated rings. The molecule has 1 N–H and O–H groups in total. The maximum atomic E-state index is 12.5. The molecule has 184 valence electrons. The maximum Gasteiger partial charge on any atom is 0.161 e. The van der Waals surface area contributed by atoms with Crippen LogP contribution in [0.25, 0.3) is 22.3 Å². The summed E-state index contributed by atoms with van der Waals surface area (Å²) >= 11 is 12.3. The number of phenols is 1. The molecular weight excluding hydrogens is 516 g/mol. The summed E-state index contributed by atoms with van der Waals surface area (Å²) in [5.74, 6) is 0.814. The van der Waals surface area contributed by atoms with Crippen molar-refractivity contribution in [3.63, 3.8) is 0 Å². The average Bonchev–Trinajstić information content (AvgIpc) is 2.76. The van der Waals surface area contributed by atoms with Crippen LogP contribution in [0.1, 0.15) is 54.4 Å². The predicted octanol–water partition coefficient (Wildman–Crippen LogP) is 7.19. The third-order valence-electron chi connectivity index (χ3n) is 6.32. The number of phenolic OH excluding ortho intramolecular Hbond substituents is 1. The molecule has 0 amide bonds. The number of nitrogens with zero attached hydrogens (tertiary/aromatic N) is 3. The van der Waals surface area contributed by atoms with Gasteiger partial charge in [0.2, 0.25) is 0 Å². The molecule has 0 radical (unpaired) electrons. The number of pyridine rings is 2. The van der Waals surface area contributed by atoms with Crippen LogP contribution in [0.5, 0.6) is 5.75 Å². The van der Waals surface area contributed by atoms with E-state index in [0.29, 0.717) is 22.7 Å². The Morgan fingerprint density at radius 1 is 1.09 bits per heavy atom. The molecule has 2 aromatic heterocycles. The van der Waals surface area contributed by atoms with Gasteiger partial charge in [-0.2, -0.15) is 0 Å². The number of Topliss-reactive ketones (excluding diaryl/α,β-unsaturated/α-hetero) is 1. The van der Waals surface area contributed by atoms with Gasteiger partial charge in [-0.3, -0.25) is 9.78 Å². The van der Waals surface area contributed by atoms with Crippen molar-refractivity contribution in [3.8, 4) is 17.0 Å². The second-order valence-electron chi connectivity index (χ2n) is 8.97. The molecular formula is C25H29Cl4N3O2. The van der Waals surface area contributed by atoms with Gasteiger partial charge in [0, 0.05) is 23.9 Å². The monoisotopic (exact) mass is 543 g/mol. The molecule has 4 rings (SSSR count). The van der Waals surface area contributed by atoms with Crippen LogP contribution in [-0.4, -0.2) is 46.4 Å². The van der Waals surface area contributed by atoms with Crippen molar-refractivity contribution in [1.82, 2.24) is 14.9 Å². The first-order chi connectivity index (χ1) is 15.2. The van der Waals surface area contributed by atoms with Gasteiger partial charge < -0.3 is 10.0 Å². The normalized spacial score (nSPS) is 17.8. The standard InChI is InChI=1S/C25H27Cl2N3O2.2ClH/c1-14(31)18-12-28-22-9-8-21(17-10-19(26)25(32)20(27)11-17)29-24(22)23(18)16-6-4-15(5-7-16)13-30(2)3;;/h8-12,15-16,32H,4-7,13H2,1-3H3;2*1H. The van der Waals surface area contributed by atoms with Gasteiger partial charge in [0.05, 0.1) is 26.8 Å². The Morgan fingerprint density at radius 2 is 1.71 bits per heavy atom. The number of benzene rings is 1. The number of aromatic nitrogens is 2. The van der Waals surface area contributed by atoms with Crippen LogP contribution >= 0.6 is 48.0 Å². The van der Waals surface area contributed by atoms with E-state index in [2.05, 4.69) is 24.0 Å². The van der Waals surface area contributed by atoms with Crippen molar-refractivity contribution in [3.05, 3.63) is 51.6 Å². The number of aromatic hydroxyl groups is 1. The summed E-state index contributed by atoms with van der Waals surface area (Å²) in [5, 5.41) is 10.2. The first-order valence-electron chi connectivity index (χ1n) is 10.9. The van der Waals surface area contributed by atoms with Gasteiger partial charge in [-0.05, 0) is 88.4 Å². The summed E-state index contributed by atoms with van der Waals surface area (Å²) in [5.41, 5.74) is 4.55. The van der Waals surface area contributed by atoms with Gasteiger partial charge in [0.25, 0.3) is 0 Å². The maximum absolute atomic E-state index is 12.5. The Kier molecular flexibility index (Phi) is 9.99. The molecule has 0 saturated heterocycles. The predicted molar refractivity (Wildman–Crippen MR) is 144 cm³/mol. The van der Waals surface area contributed by atoms with E-state index in [1.54, 1.807) is 25.3 Å². The first-order valence-corrected chi connectivity index (χ1v) is 11.6. The number of halogens is 4. The molecule has 1 aliphatic rings. The second kappa shape index (κ2) is 11.9. The smallest absolute Gasteiger partial charge is 0.161 e. The topological polar surface area (TPSA) is 66.3 Å². The van der Waals surface area contributed by atoms with Crippen LogP contribution < -0.4 is 0 Å². The Hall–Kier alpha value is -1.63. The number of hydrogen-bond acceptors (Lipinski definition) is 5. The summed E-state index contributed by atoms with van der Waals surface area (Å²) in [6.45, 7) is 2.68. The summed E-state index contributed by atoms with van der Waals surface area (Å²) in [7, 11) is 4.23. The van der Waals surface area contributed by atoms with Crippen molar-refractivity contribution in [1.29, 1.82) is 0 Å². The molecule has 5 nitrogen and oxygen atoms in total. The van der Waals surface area contributed by atoms with Crippen LogP contribution in [0.15, 0.2) is 30.5 Å². The SMILES string of the molecule is CC(=O)c1cnc2ccc(-c3cc(Cl)c(O)c(Cl)c3)nc2c1C1CCC(CN(C)C)CC1.Cl.Cl. The molecule has 34 heavy (non-hydrogen) atoms. The van der Waals surface area contributed by atoms with Crippen LogP contribution in [0.2, 0.25) is 10.0 Å². The molecule has 1 aromatic carbocycles. The number of carbonyl (C=O) groups excluding carboxylic acids is 1. The third-order valence-corrected chi connectivity index (χ3v) is 6.90. The quantitative estimate of drug-likeness (QED) is 0.344. The van der Waals surface area contributed by atoms with E-state index in [9.17, 15) is 9.90 Å². The Labute approximate surface area is 222 Å². The minimum atomic E-state index is -0.145. The minimum Gasteiger partial charge on any atom is -0.505 e. The van der Waals surface area contributed by atoms with Crippen molar-refractivity contribution in [2.45, 2.75) is 38.5 Å². The molecule has 0 aliphatic heterocycles. The molecule has 0 unspecified atom stereocenters. The van der Waals surface area contributed by atoms with E-state index >= 15 is 0 Å². The first kappa shape index (κ1) is 28.6. The lowest BCUT2D eigenvalue weighted by molar-refractivity contribution is 0.101. The third kappa shape index (κ3) is 5.95. The number of fused-ring (bicyclic) bond motifs is 1. The molecule has 3 aromatic rings. The van der Waals surface area contributed by atoms with Crippen molar-refractivity contribution >= 4 is 64.8 Å². The zero-order chi connectivity index (χ0) is 23.0. The fourth-order valence-electron chi connectivity index (χ4n) is 4.80. The highest BCUT2D eigenvalue weighted by molar-refractivity contribution is 6.37. The lowest BCUT2D eigenvalue weighted by atomic mass is 9.76. The zero-order valence-corrected chi connectivity index (χ0v) is 22.5. The Balaban J connectivity index is 0.00000204. The van der Waals surface area contributed by atoms with E-state index in [1.807, 2.05) is 12.1 Å². The fourth-order valence-corrected chi connectivity index (χ4v) is 5.29. The Morgan fingerprint density at radius 3 is 2.26 bits per heavy atom. The molecule has 0 atom stereocenters. The molecule has 0 bridgehead atoms.